The molecule has 1 aliphatic heterocycles. The minimum atomic E-state index is -3.62. The van der Waals surface area contributed by atoms with E-state index in [1.165, 1.54) is 6.92 Å². The van der Waals surface area contributed by atoms with E-state index in [9.17, 15) is 13.2 Å². The zero-order chi connectivity index (χ0) is 17.9. The summed E-state index contributed by atoms with van der Waals surface area (Å²) in [4.78, 5) is 11.7. The van der Waals surface area contributed by atoms with Crippen molar-refractivity contribution in [2.24, 2.45) is 0 Å². The van der Waals surface area contributed by atoms with Crippen LogP contribution in [0.5, 0.6) is 5.75 Å². The molecule has 25 heavy (non-hydrogen) atoms. The van der Waals surface area contributed by atoms with Crippen molar-refractivity contribution < 1.29 is 17.9 Å². The topological polar surface area (TPSA) is 72.5 Å². The summed E-state index contributed by atoms with van der Waals surface area (Å²) in [6, 6.07) is 13.3. The molecule has 0 aliphatic carbocycles. The number of hydrogen-bond donors (Lipinski definition) is 1. The van der Waals surface area contributed by atoms with Crippen LogP contribution < -0.4 is 10.1 Å². The Labute approximate surface area is 147 Å². The Hall–Kier alpha value is -2.18. The Morgan fingerprint density at radius 1 is 1.16 bits per heavy atom. The van der Waals surface area contributed by atoms with Gasteiger partial charge in [0.25, 0.3) is 0 Å². The molecule has 5 nitrogen and oxygen atoms in total. The predicted octanol–water partition coefficient (Wildman–Crippen LogP) is 2.56. The van der Waals surface area contributed by atoms with Gasteiger partial charge < -0.3 is 10.1 Å². The van der Waals surface area contributed by atoms with Crippen molar-refractivity contribution in [3.63, 3.8) is 0 Å². The summed E-state index contributed by atoms with van der Waals surface area (Å²) in [6.07, 6.45) is 0.960. The van der Waals surface area contributed by atoms with E-state index in [-0.39, 0.29) is 28.1 Å². The zero-order valence-corrected chi connectivity index (χ0v) is 14.9. The summed E-state index contributed by atoms with van der Waals surface area (Å²) in [7, 11) is -3.62. The van der Waals surface area contributed by atoms with Gasteiger partial charge in [0.15, 0.2) is 5.78 Å². The van der Waals surface area contributed by atoms with Crippen molar-refractivity contribution in [3.8, 4) is 5.75 Å². The zero-order valence-electron chi connectivity index (χ0n) is 14.1. The van der Waals surface area contributed by atoms with Crippen molar-refractivity contribution in [2.75, 3.05) is 19.7 Å². The van der Waals surface area contributed by atoms with Crippen LogP contribution in [0.1, 0.15) is 24.8 Å². The molecule has 0 unspecified atom stereocenters. The van der Waals surface area contributed by atoms with Gasteiger partial charge in [0.1, 0.15) is 12.4 Å². The summed E-state index contributed by atoms with van der Waals surface area (Å²) < 4.78 is 31.3. The summed E-state index contributed by atoms with van der Waals surface area (Å²) in [5, 5.41) is 3.29. The third-order valence-electron chi connectivity index (χ3n) is 4.28. The van der Waals surface area contributed by atoms with Gasteiger partial charge in [0, 0.05) is 12.5 Å². The molecule has 1 heterocycles. The Morgan fingerprint density at radius 3 is 2.56 bits per heavy atom. The average Bonchev–Trinajstić information content (AvgIpc) is 3.15. The molecule has 1 aliphatic rings. The van der Waals surface area contributed by atoms with E-state index in [4.69, 9.17) is 4.74 Å². The maximum absolute atomic E-state index is 12.8. The lowest BCUT2D eigenvalue weighted by molar-refractivity contribution is -0.118. The minimum absolute atomic E-state index is 0.0675. The number of carbonyl (C=O) groups excluding carboxylic acids is 1. The molecule has 0 amide bonds. The van der Waals surface area contributed by atoms with Gasteiger partial charge in [-0.3, -0.25) is 4.79 Å². The molecule has 3 rings (SSSR count). The summed E-state index contributed by atoms with van der Waals surface area (Å²) in [5.74, 6) is 0.628. The number of ketones is 1. The van der Waals surface area contributed by atoms with Crippen LogP contribution in [0.3, 0.4) is 0 Å². The van der Waals surface area contributed by atoms with Crippen molar-refractivity contribution >= 4 is 15.6 Å². The first-order chi connectivity index (χ1) is 12.0. The van der Waals surface area contributed by atoms with Gasteiger partial charge in [-0.15, -0.1) is 0 Å². The molecule has 0 saturated carbocycles. The van der Waals surface area contributed by atoms with Crippen molar-refractivity contribution in [2.45, 2.75) is 29.1 Å². The van der Waals surface area contributed by atoms with Crippen LogP contribution in [0.25, 0.3) is 0 Å². The van der Waals surface area contributed by atoms with Crippen LogP contribution in [0.2, 0.25) is 0 Å². The number of benzene rings is 2. The van der Waals surface area contributed by atoms with Crippen LogP contribution in [-0.2, 0) is 14.6 Å². The first-order valence-electron chi connectivity index (χ1n) is 8.25. The van der Waals surface area contributed by atoms with Gasteiger partial charge >= 0.3 is 0 Å². The first-order valence-corrected chi connectivity index (χ1v) is 9.74. The largest absolute Gasteiger partial charge is 0.486 e. The summed E-state index contributed by atoms with van der Waals surface area (Å²) >= 11 is 0. The normalized spacial score (nSPS) is 17.4. The number of sulfone groups is 1. The summed E-state index contributed by atoms with van der Waals surface area (Å²) in [6.45, 7) is 3.12. The van der Waals surface area contributed by atoms with Gasteiger partial charge in [-0.25, -0.2) is 8.42 Å². The van der Waals surface area contributed by atoms with E-state index in [0.29, 0.717) is 5.75 Å². The number of ether oxygens (including phenoxy) is 1. The smallest absolute Gasteiger partial charge is 0.206 e. The van der Waals surface area contributed by atoms with E-state index in [2.05, 4.69) is 5.32 Å². The monoisotopic (exact) mass is 359 g/mol. The van der Waals surface area contributed by atoms with Gasteiger partial charge in [0.05, 0.1) is 9.79 Å². The fourth-order valence-electron chi connectivity index (χ4n) is 2.98. The molecular formula is C19H21NO4S. The van der Waals surface area contributed by atoms with Crippen molar-refractivity contribution in [1.29, 1.82) is 0 Å². The molecule has 2 aromatic rings. The van der Waals surface area contributed by atoms with Crippen LogP contribution in [0, 0.1) is 0 Å². The van der Waals surface area contributed by atoms with Crippen LogP contribution >= 0.6 is 0 Å². The molecule has 132 valence electrons. The lowest BCUT2D eigenvalue weighted by Crippen LogP contribution is -2.12. The first kappa shape index (κ1) is 17.6. The van der Waals surface area contributed by atoms with E-state index >= 15 is 0 Å². The molecule has 1 saturated heterocycles. The molecule has 1 atom stereocenters. The highest BCUT2D eigenvalue weighted by atomic mass is 32.2. The van der Waals surface area contributed by atoms with E-state index in [1.54, 1.807) is 42.5 Å². The molecule has 0 spiro atoms. The standard InChI is InChI=1S/C19H21NO4S/c1-14(21)13-24-19-11-17(7-8-18(19)15-9-10-20-12-15)25(22,23)16-5-3-2-4-6-16/h2-8,11,15,20H,9-10,12-13H2,1H3/t15-/m1/s1. The molecule has 1 N–H and O–H groups in total. The van der Waals surface area contributed by atoms with Crippen molar-refractivity contribution in [1.82, 2.24) is 5.32 Å². The summed E-state index contributed by atoms with van der Waals surface area (Å²) in [5.41, 5.74) is 0.943. The second kappa shape index (κ2) is 7.37. The third-order valence-corrected chi connectivity index (χ3v) is 6.05. The fourth-order valence-corrected chi connectivity index (χ4v) is 4.28. The molecular weight excluding hydrogens is 338 g/mol. The maximum Gasteiger partial charge on any atom is 0.206 e. The predicted molar refractivity (Wildman–Crippen MR) is 94.7 cm³/mol. The highest BCUT2D eigenvalue weighted by molar-refractivity contribution is 7.91. The molecule has 6 heteroatoms. The second-order valence-electron chi connectivity index (χ2n) is 6.20. The third kappa shape index (κ3) is 3.91. The second-order valence-corrected chi connectivity index (χ2v) is 8.15. The lowest BCUT2D eigenvalue weighted by atomic mass is 9.97. The quantitative estimate of drug-likeness (QED) is 0.858. The highest BCUT2D eigenvalue weighted by Crippen LogP contribution is 2.34. The SMILES string of the molecule is CC(=O)COc1cc(S(=O)(=O)c2ccccc2)ccc1[C@@H]1CCNC1. The number of hydrogen-bond acceptors (Lipinski definition) is 5. The minimum Gasteiger partial charge on any atom is -0.486 e. The fraction of sp³-hybridized carbons (Fsp3) is 0.316. The average molecular weight is 359 g/mol. The maximum atomic E-state index is 12.8. The number of carbonyl (C=O) groups is 1. The van der Waals surface area contributed by atoms with Gasteiger partial charge in [-0.2, -0.15) is 0 Å². The highest BCUT2D eigenvalue weighted by Gasteiger charge is 2.24. The van der Waals surface area contributed by atoms with E-state index in [0.717, 1.165) is 25.1 Å². The Morgan fingerprint density at radius 2 is 1.92 bits per heavy atom. The number of Topliss-reactive ketones (excluding diaryl/α,β-unsaturated/α-hetero) is 1. The van der Waals surface area contributed by atoms with Crippen molar-refractivity contribution in [3.05, 3.63) is 54.1 Å². The number of rotatable bonds is 6. The van der Waals surface area contributed by atoms with Crippen LogP contribution in [-0.4, -0.2) is 33.9 Å². The van der Waals surface area contributed by atoms with Gasteiger partial charge in [-0.1, -0.05) is 24.3 Å². The number of nitrogens with one attached hydrogen (secondary N) is 1. The molecule has 1 fully saturated rings. The Bertz CT molecular complexity index is 856. The molecule has 0 aromatic heterocycles. The van der Waals surface area contributed by atoms with Gasteiger partial charge in [0.2, 0.25) is 9.84 Å². The lowest BCUT2D eigenvalue weighted by Gasteiger charge is -2.17. The Kier molecular flexibility index (Phi) is 5.20. The molecule has 0 bridgehead atoms. The van der Waals surface area contributed by atoms with Crippen LogP contribution in [0.4, 0.5) is 0 Å². The molecule has 0 radical (unpaired) electrons. The van der Waals surface area contributed by atoms with E-state index < -0.39 is 9.84 Å². The Balaban J connectivity index is 2.01. The van der Waals surface area contributed by atoms with Gasteiger partial charge in [-0.05, 0) is 49.7 Å². The molecule has 2 aromatic carbocycles. The van der Waals surface area contributed by atoms with Crippen LogP contribution in [0.15, 0.2) is 58.3 Å². The van der Waals surface area contributed by atoms with E-state index in [1.807, 2.05) is 6.07 Å².